The largest absolute Gasteiger partial charge is 0.458 e. The van der Waals surface area contributed by atoms with E-state index in [0.717, 1.165) is 0 Å². The topological polar surface area (TPSA) is 55.4 Å². The molecule has 1 aromatic rings. The lowest BCUT2D eigenvalue weighted by Crippen LogP contribution is -2.42. The molecule has 1 amide bonds. The minimum atomic E-state index is -0.740. The molecule has 4 nitrogen and oxygen atoms in total. The number of benzene rings is 1. The van der Waals surface area contributed by atoms with E-state index in [1.807, 2.05) is 0 Å². The van der Waals surface area contributed by atoms with E-state index in [4.69, 9.17) is 4.74 Å². The summed E-state index contributed by atoms with van der Waals surface area (Å²) in [4.78, 5) is 23.5. The normalized spacial score (nSPS) is 12.7. The van der Waals surface area contributed by atoms with Gasteiger partial charge in [-0.25, -0.2) is 9.18 Å². The van der Waals surface area contributed by atoms with Gasteiger partial charge in [-0.2, -0.15) is 0 Å². The quantitative estimate of drug-likeness (QED) is 0.861. The molecule has 0 aromatic heterocycles. The zero-order valence-corrected chi connectivity index (χ0v) is 12.2. The first kappa shape index (κ1) is 16.1. The van der Waals surface area contributed by atoms with Crippen LogP contribution in [0.2, 0.25) is 0 Å². The van der Waals surface area contributed by atoms with Crippen LogP contribution in [0.25, 0.3) is 0 Å². The first-order valence-electron chi connectivity index (χ1n) is 6.44. The van der Waals surface area contributed by atoms with E-state index in [0.29, 0.717) is 5.56 Å². The van der Waals surface area contributed by atoms with E-state index in [2.05, 4.69) is 5.32 Å². The maximum Gasteiger partial charge on any atom is 0.328 e. The number of amides is 1. The molecular weight excluding hydrogens is 261 g/mol. The van der Waals surface area contributed by atoms with E-state index < -0.39 is 23.4 Å². The van der Waals surface area contributed by atoms with Crippen molar-refractivity contribution in [1.82, 2.24) is 5.32 Å². The summed E-state index contributed by atoms with van der Waals surface area (Å²) < 4.78 is 18.1. The minimum Gasteiger partial charge on any atom is -0.458 e. The molecule has 0 aliphatic heterocycles. The number of rotatable bonds is 4. The number of carbonyl (C=O) groups excluding carboxylic acids is 2. The van der Waals surface area contributed by atoms with Crippen molar-refractivity contribution in [1.29, 1.82) is 0 Å². The number of hydrogen-bond acceptors (Lipinski definition) is 3. The highest BCUT2D eigenvalue weighted by molar-refractivity contribution is 5.85. The predicted octanol–water partition coefficient (Wildman–Crippen LogP) is 2.21. The molecule has 0 heterocycles. The van der Waals surface area contributed by atoms with Gasteiger partial charge in [0.25, 0.3) is 0 Å². The van der Waals surface area contributed by atoms with Gasteiger partial charge in [-0.15, -0.1) is 0 Å². The Morgan fingerprint density at radius 2 is 2.00 bits per heavy atom. The Labute approximate surface area is 118 Å². The highest BCUT2D eigenvalue weighted by Crippen LogP contribution is 2.09. The molecule has 0 radical (unpaired) electrons. The monoisotopic (exact) mass is 281 g/mol. The number of halogens is 1. The zero-order chi connectivity index (χ0) is 15.3. The lowest BCUT2D eigenvalue weighted by molar-refractivity contribution is -0.158. The number of esters is 1. The van der Waals surface area contributed by atoms with Gasteiger partial charge in [-0.1, -0.05) is 12.1 Å². The second-order valence-corrected chi connectivity index (χ2v) is 5.63. The summed E-state index contributed by atoms with van der Waals surface area (Å²) in [6.07, 6.45) is 0.0187. The van der Waals surface area contributed by atoms with Crippen LogP contribution >= 0.6 is 0 Å². The number of hydrogen-bond donors (Lipinski definition) is 1. The summed E-state index contributed by atoms with van der Waals surface area (Å²) >= 11 is 0. The third-order valence-corrected chi connectivity index (χ3v) is 2.39. The molecule has 5 heteroatoms. The Balaban J connectivity index is 2.52. The lowest BCUT2D eigenvalue weighted by Gasteiger charge is -2.22. The van der Waals surface area contributed by atoms with Gasteiger partial charge in [-0.3, -0.25) is 4.79 Å². The Kier molecular flexibility index (Phi) is 5.25. The standard InChI is InChI=1S/C15H20FNO3/c1-10(14(19)20-15(2,3)4)17-13(18)9-11-6-5-7-12(16)8-11/h5-8,10H,9H2,1-4H3,(H,17,18)/t10-/m0/s1. The van der Waals surface area contributed by atoms with E-state index in [-0.39, 0.29) is 12.3 Å². The second-order valence-electron chi connectivity index (χ2n) is 5.63. The van der Waals surface area contributed by atoms with Crippen LogP contribution in [0.5, 0.6) is 0 Å². The summed E-state index contributed by atoms with van der Waals surface area (Å²) in [5.74, 6) is -1.24. The molecule has 0 aliphatic carbocycles. The van der Waals surface area contributed by atoms with Crippen LogP contribution in [-0.2, 0) is 20.7 Å². The van der Waals surface area contributed by atoms with Crippen LogP contribution in [0.4, 0.5) is 4.39 Å². The van der Waals surface area contributed by atoms with Gasteiger partial charge in [0.15, 0.2) is 0 Å². The molecule has 0 spiro atoms. The van der Waals surface area contributed by atoms with Crippen molar-refractivity contribution in [3.63, 3.8) is 0 Å². The Morgan fingerprint density at radius 3 is 2.55 bits per heavy atom. The van der Waals surface area contributed by atoms with Crippen molar-refractivity contribution in [2.45, 2.75) is 45.8 Å². The average molecular weight is 281 g/mol. The van der Waals surface area contributed by atoms with Gasteiger partial charge >= 0.3 is 5.97 Å². The van der Waals surface area contributed by atoms with Crippen molar-refractivity contribution < 1.29 is 18.7 Å². The fraction of sp³-hybridized carbons (Fsp3) is 0.467. The van der Waals surface area contributed by atoms with E-state index in [9.17, 15) is 14.0 Å². The number of carbonyl (C=O) groups is 2. The number of nitrogens with one attached hydrogen (secondary N) is 1. The number of ether oxygens (including phenoxy) is 1. The Hall–Kier alpha value is -1.91. The van der Waals surface area contributed by atoms with Gasteiger partial charge in [0.1, 0.15) is 17.5 Å². The summed E-state index contributed by atoms with van der Waals surface area (Å²) in [6.45, 7) is 6.82. The summed E-state index contributed by atoms with van der Waals surface area (Å²) in [7, 11) is 0. The second kappa shape index (κ2) is 6.50. The van der Waals surface area contributed by atoms with Crippen molar-refractivity contribution in [2.24, 2.45) is 0 Å². The van der Waals surface area contributed by atoms with Gasteiger partial charge in [0.2, 0.25) is 5.91 Å². The molecule has 1 atom stereocenters. The first-order valence-corrected chi connectivity index (χ1v) is 6.44. The van der Waals surface area contributed by atoms with Crippen molar-refractivity contribution in [3.05, 3.63) is 35.6 Å². The molecule has 1 N–H and O–H groups in total. The highest BCUT2D eigenvalue weighted by atomic mass is 19.1. The first-order chi connectivity index (χ1) is 9.17. The predicted molar refractivity (Wildman–Crippen MR) is 73.6 cm³/mol. The maximum absolute atomic E-state index is 13.0. The SMILES string of the molecule is C[C@H](NC(=O)Cc1cccc(F)c1)C(=O)OC(C)(C)C. The average Bonchev–Trinajstić information content (AvgIpc) is 2.26. The van der Waals surface area contributed by atoms with E-state index in [1.54, 1.807) is 33.8 Å². The van der Waals surface area contributed by atoms with Gasteiger partial charge < -0.3 is 10.1 Å². The molecule has 0 fully saturated rings. The molecule has 1 rings (SSSR count). The van der Waals surface area contributed by atoms with Crippen molar-refractivity contribution in [3.8, 4) is 0 Å². The Morgan fingerprint density at radius 1 is 1.35 bits per heavy atom. The van der Waals surface area contributed by atoms with Crippen LogP contribution in [0.15, 0.2) is 24.3 Å². The maximum atomic E-state index is 13.0. The highest BCUT2D eigenvalue weighted by Gasteiger charge is 2.22. The molecule has 20 heavy (non-hydrogen) atoms. The van der Waals surface area contributed by atoms with Crippen LogP contribution < -0.4 is 5.32 Å². The molecule has 0 saturated carbocycles. The molecule has 1 aromatic carbocycles. The molecule has 110 valence electrons. The zero-order valence-electron chi connectivity index (χ0n) is 12.2. The fourth-order valence-electron chi connectivity index (χ4n) is 1.57. The smallest absolute Gasteiger partial charge is 0.328 e. The summed E-state index contributed by atoms with van der Waals surface area (Å²) in [6, 6.07) is 5.05. The van der Waals surface area contributed by atoms with Crippen LogP contribution in [0, 0.1) is 5.82 Å². The molecule has 0 unspecified atom stereocenters. The summed E-state index contributed by atoms with van der Waals surface area (Å²) in [5.41, 5.74) is -0.0441. The van der Waals surface area contributed by atoms with E-state index >= 15 is 0 Å². The lowest BCUT2D eigenvalue weighted by atomic mass is 10.1. The van der Waals surface area contributed by atoms with Crippen LogP contribution in [-0.4, -0.2) is 23.5 Å². The summed E-state index contributed by atoms with van der Waals surface area (Å²) in [5, 5.41) is 2.53. The molecule has 0 saturated heterocycles. The van der Waals surface area contributed by atoms with Crippen LogP contribution in [0.1, 0.15) is 33.3 Å². The molecule has 0 aliphatic rings. The van der Waals surface area contributed by atoms with Crippen molar-refractivity contribution >= 4 is 11.9 Å². The molecule has 0 bridgehead atoms. The molecular formula is C15H20FNO3. The third kappa shape index (κ3) is 5.82. The minimum absolute atomic E-state index is 0.0187. The van der Waals surface area contributed by atoms with Crippen LogP contribution in [0.3, 0.4) is 0 Å². The van der Waals surface area contributed by atoms with Crippen molar-refractivity contribution in [2.75, 3.05) is 0 Å². The van der Waals surface area contributed by atoms with Gasteiger partial charge in [-0.05, 0) is 45.4 Å². The van der Waals surface area contributed by atoms with E-state index in [1.165, 1.54) is 18.2 Å². The fourth-order valence-corrected chi connectivity index (χ4v) is 1.57. The third-order valence-electron chi connectivity index (χ3n) is 2.39. The Bertz CT molecular complexity index is 494. The van der Waals surface area contributed by atoms with Gasteiger partial charge in [0.05, 0.1) is 6.42 Å². The van der Waals surface area contributed by atoms with Gasteiger partial charge in [0, 0.05) is 0 Å².